The number of carbonyl (C=O) groups is 2. The van der Waals surface area contributed by atoms with Crippen molar-refractivity contribution in [3.63, 3.8) is 0 Å². The Balaban J connectivity index is 2.63. The van der Waals surface area contributed by atoms with E-state index in [1.807, 2.05) is 26.0 Å². The fraction of sp³-hybridized carbons (Fsp3) is 0.467. The van der Waals surface area contributed by atoms with E-state index in [-0.39, 0.29) is 11.8 Å². The summed E-state index contributed by atoms with van der Waals surface area (Å²) in [5, 5.41) is 2.71. The molecule has 0 saturated carbocycles. The van der Waals surface area contributed by atoms with Gasteiger partial charge in [-0.3, -0.25) is 9.59 Å². The zero-order valence-corrected chi connectivity index (χ0v) is 12.3. The Hall–Kier alpha value is -1.88. The Morgan fingerprint density at radius 2 is 1.75 bits per heavy atom. The highest BCUT2D eigenvalue weighted by atomic mass is 16.2. The number of nitrogens with one attached hydrogen (secondary N) is 1. The maximum Gasteiger partial charge on any atom is 0.240 e. The largest absolute Gasteiger partial charge is 0.343 e. The average Bonchev–Trinajstić information content (AvgIpc) is 2.42. The van der Waals surface area contributed by atoms with E-state index in [2.05, 4.69) is 5.32 Å². The molecule has 0 aliphatic heterocycles. The maximum absolute atomic E-state index is 12.0. The van der Waals surface area contributed by atoms with Gasteiger partial charge in [-0.1, -0.05) is 12.1 Å². The van der Waals surface area contributed by atoms with Gasteiger partial charge in [-0.15, -0.1) is 0 Å². The lowest BCUT2D eigenvalue weighted by Gasteiger charge is -2.18. The van der Waals surface area contributed by atoms with Crippen molar-refractivity contribution in [2.24, 2.45) is 5.73 Å². The van der Waals surface area contributed by atoms with Crippen LogP contribution in [0.3, 0.4) is 0 Å². The van der Waals surface area contributed by atoms with Crippen LogP contribution < -0.4 is 11.1 Å². The summed E-state index contributed by atoms with van der Waals surface area (Å²) >= 11 is 0. The zero-order valence-electron chi connectivity index (χ0n) is 12.3. The molecule has 0 bridgehead atoms. The first-order chi connectivity index (χ1) is 9.47. The fourth-order valence-corrected chi connectivity index (χ4v) is 1.82. The fourth-order valence-electron chi connectivity index (χ4n) is 1.82. The SMILES string of the molecule is CCN(CC)C(=O)Cc1ccc(NC(=O)[C@@H](C)N)cc1. The van der Waals surface area contributed by atoms with Gasteiger partial charge >= 0.3 is 0 Å². The molecule has 0 radical (unpaired) electrons. The van der Waals surface area contributed by atoms with Crippen molar-refractivity contribution >= 4 is 17.5 Å². The summed E-state index contributed by atoms with van der Waals surface area (Å²) in [4.78, 5) is 25.2. The lowest BCUT2D eigenvalue weighted by Crippen LogP contribution is -2.32. The van der Waals surface area contributed by atoms with Gasteiger partial charge in [-0.2, -0.15) is 0 Å². The van der Waals surface area contributed by atoms with Crippen molar-refractivity contribution in [1.82, 2.24) is 4.90 Å². The second kappa shape index (κ2) is 7.65. The maximum atomic E-state index is 12.0. The summed E-state index contributed by atoms with van der Waals surface area (Å²) in [6.45, 7) is 7.00. The molecule has 20 heavy (non-hydrogen) atoms. The predicted molar refractivity (Wildman–Crippen MR) is 80.4 cm³/mol. The third kappa shape index (κ3) is 4.66. The van der Waals surface area contributed by atoms with Gasteiger partial charge in [0.15, 0.2) is 0 Å². The average molecular weight is 277 g/mol. The standard InChI is InChI=1S/C15H23N3O2/c1-4-18(5-2)14(19)10-12-6-8-13(9-7-12)17-15(20)11(3)16/h6-9,11H,4-5,10,16H2,1-3H3,(H,17,20)/t11-/m1/s1. The third-order valence-electron chi connectivity index (χ3n) is 3.11. The highest BCUT2D eigenvalue weighted by molar-refractivity contribution is 5.94. The predicted octanol–water partition coefficient (Wildman–Crippen LogP) is 1.38. The molecule has 0 heterocycles. The van der Waals surface area contributed by atoms with Crippen molar-refractivity contribution in [3.05, 3.63) is 29.8 Å². The van der Waals surface area contributed by atoms with Crippen molar-refractivity contribution < 1.29 is 9.59 Å². The number of carbonyl (C=O) groups excluding carboxylic acids is 2. The van der Waals surface area contributed by atoms with Crippen molar-refractivity contribution in [2.75, 3.05) is 18.4 Å². The van der Waals surface area contributed by atoms with Gasteiger partial charge in [0.05, 0.1) is 12.5 Å². The molecular weight excluding hydrogens is 254 g/mol. The van der Waals surface area contributed by atoms with Crippen molar-refractivity contribution in [3.8, 4) is 0 Å². The highest BCUT2D eigenvalue weighted by Gasteiger charge is 2.11. The van der Waals surface area contributed by atoms with Crippen LogP contribution in [0.25, 0.3) is 0 Å². The minimum atomic E-state index is -0.543. The monoisotopic (exact) mass is 277 g/mol. The summed E-state index contributed by atoms with van der Waals surface area (Å²) in [6.07, 6.45) is 0.378. The second-order valence-electron chi connectivity index (χ2n) is 4.72. The Morgan fingerprint density at radius 3 is 2.20 bits per heavy atom. The van der Waals surface area contributed by atoms with Crippen LogP contribution in [-0.4, -0.2) is 35.8 Å². The molecular formula is C15H23N3O2. The van der Waals surface area contributed by atoms with E-state index in [0.717, 1.165) is 18.7 Å². The second-order valence-corrected chi connectivity index (χ2v) is 4.72. The molecule has 1 aromatic rings. The molecule has 1 atom stereocenters. The molecule has 110 valence electrons. The number of nitrogens with two attached hydrogens (primary N) is 1. The molecule has 2 amide bonds. The summed E-state index contributed by atoms with van der Waals surface area (Å²) in [5.74, 6) is -0.112. The van der Waals surface area contributed by atoms with Crippen LogP contribution in [0.4, 0.5) is 5.69 Å². The molecule has 0 aliphatic carbocycles. The molecule has 5 heteroatoms. The van der Waals surface area contributed by atoms with Crippen molar-refractivity contribution in [1.29, 1.82) is 0 Å². The van der Waals surface area contributed by atoms with E-state index < -0.39 is 6.04 Å². The van der Waals surface area contributed by atoms with Crippen LogP contribution >= 0.6 is 0 Å². The number of amides is 2. The molecule has 0 aliphatic rings. The normalized spacial score (nSPS) is 11.8. The van der Waals surface area contributed by atoms with Gasteiger partial charge in [0, 0.05) is 18.8 Å². The zero-order chi connectivity index (χ0) is 15.1. The lowest BCUT2D eigenvalue weighted by molar-refractivity contribution is -0.130. The first-order valence-corrected chi connectivity index (χ1v) is 6.91. The number of likely N-dealkylation sites (N-methyl/N-ethyl adjacent to an activating group) is 1. The number of hydrogen-bond acceptors (Lipinski definition) is 3. The minimum absolute atomic E-state index is 0.113. The van der Waals surface area contributed by atoms with Crippen molar-refractivity contribution in [2.45, 2.75) is 33.2 Å². The number of hydrogen-bond donors (Lipinski definition) is 2. The summed E-state index contributed by atoms with van der Waals surface area (Å²) in [7, 11) is 0. The first kappa shape index (κ1) is 16.2. The van der Waals surface area contributed by atoms with Gasteiger partial charge in [-0.05, 0) is 38.5 Å². The van der Waals surface area contributed by atoms with E-state index in [9.17, 15) is 9.59 Å². The molecule has 5 nitrogen and oxygen atoms in total. The molecule has 3 N–H and O–H groups in total. The Bertz CT molecular complexity index is 451. The van der Waals surface area contributed by atoms with E-state index in [4.69, 9.17) is 5.73 Å². The first-order valence-electron chi connectivity index (χ1n) is 6.91. The topological polar surface area (TPSA) is 75.4 Å². The van der Waals surface area contributed by atoms with Crippen LogP contribution in [0.5, 0.6) is 0 Å². The molecule has 1 rings (SSSR count). The van der Waals surface area contributed by atoms with Gasteiger partial charge < -0.3 is 16.0 Å². The van der Waals surface area contributed by atoms with Crippen LogP contribution in [0.1, 0.15) is 26.3 Å². The smallest absolute Gasteiger partial charge is 0.240 e. The van der Waals surface area contributed by atoms with Crippen LogP contribution in [0.2, 0.25) is 0 Å². The molecule has 1 aromatic carbocycles. The van der Waals surface area contributed by atoms with E-state index in [1.54, 1.807) is 24.0 Å². The lowest BCUT2D eigenvalue weighted by atomic mass is 10.1. The van der Waals surface area contributed by atoms with Crippen LogP contribution in [-0.2, 0) is 16.0 Å². The van der Waals surface area contributed by atoms with Gasteiger partial charge in [0.1, 0.15) is 0 Å². The van der Waals surface area contributed by atoms with Gasteiger partial charge in [0.25, 0.3) is 0 Å². The number of rotatable bonds is 6. The van der Waals surface area contributed by atoms with Gasteiger partial charge in [0.2, 0.25) is 11.8 Å². The molecule has 0 saturated heterocycles. The van der Waals surface area contributed by atoms with Crippen LogP contribution in [0.15, 0.2) is 24.3 Å². The molecule has 0 aromatic heterocycles. The van der Waals surface area contributed by atoms with Gasteiger partial charge in [-0.25, -0.2) is 0 Å². The third-order valence-corrected chi connectivity index (χ3v) is 3.11. The molecule has 0 fully saturated rings. The Labute approximate surface area is 120 Å². The summed E-state index contributed by atoms with van der Waals surface area (Å²) < 4.78 is 0. The van der Waals surface area contributed by atoms with Crippen LogP contribution in [0, 0.1) is 0 Å². The number of anilines is 1. The Kier molecular flexibility index (Phi) is 6.18. The molecule has 0 spiro atoms. The Morgan fingerprint density at radius 1 is 1.20 bits per heavy atom. The summed E-state index contributed by atoms with van der Waals surface area (Å²) in [5.41, 5.74) is 7.10. The van der Waals surface area contributed by atoms with E-state index in [1.165, 1.54) is 0 Å². The van der Waals surface area contributed by atoms with E-state index >= 15 is 0 Å². The number of nitrogens with zero attached hydrogens (tertiary/aromatic N) is 1. The summed E-state index contributed by atoms with van der Waals surface area (Å²) in [6, 6.07) is 6.71. The molecule has 0 unspecified atom stereocenters. The van der Waals surface area contributed by atoms with E-state index in [0.29, 0.717) is 12.1 Å². The highest BCUT2D eigenvalue weighted by Crippen LogP contribution is 2.11. The quantitative estimate of drug-likeness (QED) is 0.825. The number of benzene rings is 1. The minimum Gasteiger partial charge on any atom is -0.343 e.